The van der Waals surface area contributed by atoms with Crippen LogP contribution in [0.4, 0.5) is 0 Å². The second kappa shape index (κ2) is 9.88. The summed E-state index contributed by atoms with van der Waals surface area (Å²) in [5.74, 6) is -5.89. The predicted molar refractivity (Wildman–Crippen MR) is 110 cm³/mol. The molecule has 1 aromatic carbocycles. The van der Waals surface area contributed by atoms with Gasteiger partial charge in [-0.15, -0.1) is 0 Å². The molecule has 0 bridgehead atoms. The summed E-state index contributed by atoms with van der Waals surface area (Å²) in [6.07, 6.45) is -2.45. The van der Waals surface area contributed by atoms with Gasteiger partial charge in [0.15, 0.2) is 5.75 Å². The van der Waals surface area contributed by atoms with Gasteiger partial charge in [0.05, 0.1) is 10.0 Å². The van der Waals surface area contributed by atoms with Gasteiger partial charge in [-0.1, -0.05) is 23.2 Å². The van der Waals surface area contributed by atoms with Crippen LogP contribution in [-0.2, 0) is 14.4 Å². The topological polar surface area (TPSA) is 220 Å². The summed E-state index contributed by atoms with van der Waals surface area (Å²) in [5, 5.41) is 52.3. The Kier molecular flexibility index (Phi) is 7.91. The van der Waals surface area contributed by atoms with Gasteiger partial charge in [-0.3, -0.25) is 19.7 Å². The molecule has 1 aliphatic rings. The van der Waals surface area contributed by atoms with Crippen molar-refractivity contribution in [3.63, 3.8) is 0 Å². The molecule has 0 radical (unpaired) electrons. The third kappa shape index (κ3) is 5.22. The molecule has 32 heavy (non-hydrogen) atoms. The zero-order chi connectivity index (χ0) is 24.4. The average Bonchev–Trinajstić information content (AvgIpc) is 3.15. The van der Waals surface area contributed by atoms with Crippen LogP contribution in [-0.4, -0.2) is 79.1 Å². The summed E-state index contributed by atoms with van der Waals surface area (Å²) in [6, 6.07) is -2.01. The number of aliphatic hydroxyl groups is 1. The summed E-state index contributed by atoms with van der Waals surface area (Å²) in [5.41, 5.74) is 3.16. The number of carboxylic acid groups (broad SMARTS) is 3. The fraction of sp³-hybridized carbons (Fsp3) is 0.444. The lowest BCUT2D eigenvalue weighted by molar-refractivity contribution is -0.153. The van der Waals surface area contributed by atoms with E-state index in [2.05, 4.69) is 10.6 Å². The number of nitrogens with one attached hydrogen (secondary N) is 2. The number of carboxylic acids is 3. The first-order chi connectivity index (χ1) is 14.8. The normalized spacial score (nSPS) is 23.2. The first-order valence-electron chi connectivity index (χ1n) is 9.19. The Labute approximate surface area is 190 Å². The van der Waals surface area contributed by atoms with Gasteiger partial charge < -0.3 is 36.6 Å². The van der Waals surface area contributed by atoms with Crippen molar-refractivity contribution < 1.29 is 44.7 Å². The molecule has 1 saturated heterocycles. The molecule has 9 N–H and O–H groups in total. The van der Waals surface area contributed by atoms with Gasteiger partial charge in [-0.2, -0.15) is 0 Å². The van der Waals surface area contributed by atoms with E-state index in [4.69, 9.17) is 34.0 Å². The van der Waals surface area contributed by atoms with Gasteiger partial charge in [-0.05, 0) is 31.4 Å². The van der Waals surface area contributed by atoms with Crippen molar-refractivity contribution in [2.45, 2.75) is 49.0 Å². The fourth-order valence-electron chi connectivity index (χ4n) is 3.50. The number of phenolic OH excluding ortho intramolecular Hbond substituents is 1. The highest BCUT2D eigenvalue weighted by molar-refractivity contribution is 6.37. The van der Waals surface area contributed by atoms with E-state index in [1.165, 1.54) is 0 Å². The molecule has 0 aliphatic carbocycles. The van der Waals surface area contributed by atoms with Gasteiger partial charge in [0.2, 0.25) is 0 Å². The van der Waals surface area contributed by atoms with Crippen LogP contribution in [0.25, 0.3) is 0 Å². The first-order valence-corrected chi connectivity index (χ1v) is 9.95. The van der Waals surface area contributed by atoms with Gasteiger partial charge in [-0.25, -0.2) is 4.79 Å². The van der Waals surface area contributed by atoms with Crippen molar-refractivity contribution >= 4 is 47.0 Å². The minimum Gasteiger partial charge on any atom is -0.505 e. The number of carbonyl (C=O) groups excluding carboxylic acids is 1. The van der Waals surface area contributed by atoms with E-state index in [0.29, 0.717) is 0 Å². The van der Waals surface area contributed by atoms with Crippen molar-refractivity contribution in [2.24, 2.45) is 5.73 Å². The van der Waals surface area contributed by atoms with E-state index in [9.17, 15) is 39.6 Å². The average molecular weight is 494 g/mol. The van der Waals surface area contributed by atoms with Crippen LogP contribution in [0, 0.1) is 0 Å². The first kappa shape index (κ1) is 25.6. The lowest BCUT2D eigenvalue weighted by atomic mass is 9.86. The Hall–Kier alpha value is -2.64. The summed E-state index contributed by atoms with van der Waals surface area (Å²) in [4.78, 5) is 47.0. The predicted octanol–water partition coefficient (Wildman–Crippen LogP) is -0.380. The number of amides is 1. The van der Waals surface area contributed by atoms with Crippen LogP contribution < -0.4 is 16.4 Å². The number of aliphatic carboxylic acids is 3. The van der Waals surface area contributed by atoms with Crippen molar-refractivity contribution in [3.05, 3.63) is 27.7 Å². The van der Waals surface area contributed by atoms with Crippen molar-refractivity contribution in [1.29, 1.82) is 0 Å². The van der Waals surface area contributed by atoms with E-state index >= 15 is 0 Å². The lowest BCUT2D eigenvalue weighted by Gasteiger charge is -2.33. The zero-order valence-corrected chi connectivity index (χ0v) is 17.8. The summed E-state index contributed by atoms with van der Waals surface area (Å²) >= 11 is 11.5. The number of phenols is 1. The Morgan fingerprint density at radius 2 is 1.72 bits per heavy atom. The van der Waals surface area contributed by atoms with Gasteiger partial charge in [0, 0.05) is 11.6 Å². The molecular formula is C18H21Cl2N3O9. The van der Waals surface area contributed by atoms with Crippen molar-refractivity contribution in [1.82, 2.24) is 10.6 Å². The Bertz CT molecular complexity index is 921. The highest BCUT2D eigenvalue weighted by atomic mass is 35.5. The van der Waals surface area contributed by atoms with Gasteiger partial charge in [0.1, 0.15) is 23.7 Å². The molecule has 1 heterocycles. The largest absolute Gasteiger partial charge is 0.505 e. The maximum Gasteiger partial charge on any atom is 0.326 e. The molecule has 12 nitrogen and oxygen atoms in total. The molecule has 1 amide bonds. The maximum absolute atomic E-state index is 12.4. The summed E-state index contributed by atoms with van der Waals surface area (Å²) in [7, 11) is 0. The Balaban J connectivity index is 2.17. The fourth-order valence-corrected chi connectivity index (χ4v) is 3.99. The Morgan fingerprint density at radius 3 is 2.19 bits per heavy atom. The highest BCUT2D eigenvalue weighted by Gasteiger charge is 2.54. The molecule has 0 spiro atoms. The molecule has 1 aliphatic heterocycles. The van der Waals surface area contributed by atoms with Crippen LogP contribution >= 0.6 is 23.2 Å². The molecule has 0 saturated carbocycles. The lowest BCUT2D eigenvalue weighted by Crippen LogP contribution is -2.65. The second-order valence-electron chi connectivity index (χ2n) is 7.35. The number of halogens is 2. The van der Waals surface area contributed by atoms with Crippen LogP contribution in [0.5, 0.6) is 5.75 Å². The summed E-state index contributed by atoms with van der Waals surface area (Å²) in [6.45, 7) is 0. The van der Waals surface area contributed by atoms with E-state index in [0.717, 1.165) is 12.1 Å². The number of carbonyl (C=O) groups is 4. The molecule has 5 atom stereocenters. The number of aliphatic hydroxyl groups excluding tert-OH is 1. The number of nitrogens with two attached hydrogens (primary N) is 1. The van der Waals surface area contributed by atoms with E-state index in [-0.39, 0.29) is 34.9 Å². The molecule has 1 aromatic rings. The number of hydrogen-bond acceptors (Lipinski definition) is 8. The molecular weight excluding hydrogens is 473 g/mol. The minimum absolute atomic E-state index is 0.0617. The quantitative estimate of drug-likeness (QED) is 0.221. The Morgan fingerprint density at radius 1 is 1.16 bits per heavy atom. The van der Waals surface area contributed by atoms with Crippen LogP contribution in [0.1, 0.15) is 29.6 Å². The van der Waals surface area contributed by atoms with Crippen LogP contribution in [0.2, 0.25) is 10.0 Å². The maximum atomic E-state index is 12.4. The van der Waals surface area contributed by atoms with Crippen LogP contribution in [0.15, 0.2) is 12.1 Å². The minimum atomic E-state index is -2.10. The summed E-state index contributed by atoms with van der Waals surface area (Å²) < 4.78 is 0. The number of rotatable bonds is 9. The van der Waals surface area contributed by atoms with E-state index < -0.39 is 59.3 Å². The molecule has 176 valence electrons. The van der Waals surface area contributed by atoms with Gasteiger partial charge in [0.25, 0.3) is 5.91 Å². The highest BCUT2D eigenvalue weighted by Crippen LogP contribution is 2.33. The third-order valence-electron chi connectivity index (χ3n) is 5.26. The smallest absolute Gasteiger partial charge is 0.326 e. The van der Waals surface area contributed by atoms with E-state index in [1.54, 1.807) is 0 Å². The molecule has 1 fully saturated rings. The molecule has 0 unspecified atom stereocenters. The van der Waals surface area contributed by atoms with Gasteiger partial charge >= 0.3 is 17.9 Å². The number of aromatic hydroxyl groups is 1. The standard InChI is InChI=1S/C18H21Cl2N3O9/c19-8-3-6(4-9(20)12(8)24)14(26)22-10(15(27)28)5-7-1-2-18(23-7,17(31)32)13(25)11(21)16(29)30/h3-4,7,10-11,13,23-25H,1-2,5,21H2,(H,22,26)(H,27,28)(H,29,30)(H,31,32)/t7-,10-,11+,13-,18+/m0/s1. The third-order valence-corrected chi connectivity index (χ3v) is 5.84. The zero-order valence-electron chi connectivity index (χ0n) is 16.3. The number of hydrogen-bond donors (Lipinski definition) is 8. The van der Waals surface area contributed by atoms with E-state index in [1.807, 2.05) is 0 Å². The SMILES string of the molecule is N[C@@H](C(=O)O)[C@H](O)[C@@]1(C(=O)O)CC[C@@H](C[C@H](NC(=O)c2cc(Cl)c(O)c(Cl)c2)C(=O)O)N1. The molecule has 2 rings (SSSR count). The second-order valence-corrected chi connectivity index (χ2v) is 8.17. The van der Waals surface area contributed by atoms with Crippen molar-refractivity contribution in [2.75, 3.05) is 0 Å². The number of benzene rings is 1. The van der Waals surface area contributed by atoms with Crippen molar-refractivity contribution in [3.8, 4) is 5.75 Å². The molecule has 14 heteroatoms. The molecule has 0 aromatic heterocycles. The monoisotopic (exact) mass is 493 g/mol. The van der Waals surface area contributed by atoms with Crippen LogP contribution in [0.3, 0.4) is 0 Å².